The zero-order valence-electron chi connectivity index (χ0n) is 15.3. The number of hydrogen-bond donors (Lipinski definition) is 0. The third-order valence-electron chi connectivity index (χ3n) is 4.84. The van der Waals surface area contributed by atoms with E-state index in [1.54, 1.807) is 7.11 Å². The Morgan fingerprint density at radius 2 is 1.35 bits per heavy atom. The molecule has 0 bridgehead atoms. The molecule has 0 unspecified atom stereocenters. The van der Waals surface area contributed by atoms with Gasteiger partial charge in [-0.1, -0.05) is 29.8 Å². The van der Waals surface area contributed by atoms with Gasteiger partial charge in [-0.25, -0.2) is 9.97 Å². The van der Waals surface area contributed by atoms with Crippen molar-refractivity contribution in [3.8, 4) is 28.3 Å². The van der Waals surface area contributed by atoms with Crippen LogP contribution in [0.4, 0.5) is 5.95 Å². The molecule has 4 heteroatoms. The van der Waals surface area contributed by atoms with Crippen LogP contribution in [-0.2, 0) is 0 Å². The number of benzene rings is 2. The molecule has 2 aromatic carbocycles. The van der Waals surface area contributed by atoms with Crippen molar-refractivity contribution in [1.82, 2.24) is 9.97 Å². The van der Waals surface area contributed by atoms with Crippen molar-refractivity contribution in [2.45, 2.75) is 19.8 Å². The van der Waals surface area contributed by atoms with E-state index in [2.05, 4.69) is 42.2 Å². The van der Waals surface area contributed by atoms with Gasteiger partial charge < -0.3 is 9.64 Å². The summed E-state index contributed by atoms with van der Waals surface area (Å²) >= 11 is 0. The molecule has 4 rings (SSSR count). The van der Waals surface area contributed by atoms with Gasteiger partial charge in [-0.05, 0) is 50.1 Å². The van der Waals surface area contributed by atoms with E-state index in [-0.39, 0.29) is 0 Å². The average Bonchev–Trinajstić information content (AvgIpc) is 3.23. The molecule has 0 N–H and O–H groups in total. The number of hydrogen-bond acceptors (Lipinski definition) is 4. The number of methoxy groups -OCH3 is 1. The first kappa shape index (κ1) is 16.6. The van der Waals surface area contributed by atoms with Gasteiger partial charge in [0.25, 0.3) is 0 Å². The second-order valence-corrected chi connectivity index (χ2v) is 6.73. The first-order valence-electron chi connectivity index (χ1n) is 9.08. The SMILES string of the molecule is COc1ccc(-c2cc(-c3ccc(C)cc3)nc(N3CCCC3)n2)cc1. The molecular formula is C22H23N3O. The number of nitrogens with zero attached hydrogens (tertiary/aromatic N) is 3. The largest absolute Gasteiger partial charge is 0.497 e. The monoisotopic (exact) mass is 345 g/mol. The van der Waals surface area contributed by atoms with Crippen molar-refractivity contribution in [3.63, 3.8) is 0 Å². The van der Waals surface area contributed by atoms with Crippen molar-refractivity contribution in [2.75, 3.05) is 25.1 Å². The van der Waals surface area contributed by atoms with Gasteiger partial charge in [-0.3, -0.25) is 0 Å². The summed E-state index contributed by atoms with van der Waals surface area (Å²) in [6.07, 6.45) is 2.41. The summed E-state index contributed by atoms with van der Waals surface area (Å²) in [6, 6.07) is 18.6. The maximum Gasteiger partial charge on any atom is 0.226 e. The first-order chi connectivity index (χ1) is 12.7. The maximum atomic E-state index is 5.27. The fourth-order valence-corrected chi connectivity index (χ4v) is 3.27. The van der Waals surface area contributed by atoms with Crippen LogP contribution < -0.4 is 9.64 Å². The van der Waals surface area contributed by atoms with Crippen LogP contribution in [0.2, 0.25) is 0 Å². The van der Waals surface area contributed by atoms with Crippen LogP contribution in [0.15, 0.2) is 54.6 Å². The van der Waals surface area contributed by atoms with Gasteiger partial charge in [0.2, 0.25) is 5.95 Å². The Hall–Kier alpha value is -2.88. The van der Waals surface area contributed by atoms with Crippen molar-refractivity contribution in [3.05, 3.63) is 60.2 Å². The lowest BCUT2D eigenvalue weighted by Crippen LogP contribution is -2.20. The number of ether oxygens (including phenoxy) is 1. The molecule has 1 saturated heterocycles. The molecule has 0 amide bonds. The Labute approximate surface area is 154 Å². The normalized spacial score (nSPS) is 13.8. The highest BCUT2D eigenvalue weighted by molar-refractivity contribution is 5.70. The van der Waals surface area contributed by atoms with Crippen LogP contribution in [0.5, 0.6) is 5.75 Å². The Balaban J connectivity index is 1.80. The van der Waals surface area contributed by atoms with Gasteiger partial charge in [0, 0.05) is 24.2 Å². The average molecular weight is 345 g/mol. The minimum Gasteiger partial charge on any atom is -0.497 e. The molecule has 132 valence electrons. The van der Waals surface area contributed by atoms with E-state index in [0.717, 1.165) is 47.3 Å². The predicted molar refractivity (Wildman–Crippen MR) is 106 cm³/mol. The molecule has 4 nitrogen and oxygen atoms in total. The molecule has 0 radical (unpaired) electrons. The maximum absolute atomic E-state index is 5.27. The van der Waals surface area contributed by atoms with E-state index in [9.17, 15) is 0 Å². The summed E-state index contributed by atoms with van der Waals surface area (Å²) in [4.78, 5) is 12.0. The summed E-state index contributed by atoms with van der Waals surface area (Å²) in [5.74, 6) is 1.67. The van der Waals surface area contributed by atoms with Gasteiger partial charge in [0.1, 0.15) is 5.75 Å². The molecule has 1 aliphatic heterocycles. The summed E-state index contributed by atoms with van der Waals surface area (Å²) < 4.78 is 5.27. The molecule has 0 atom stereocenters. The fourth-order valence-electron chi connectivity index (χ4n) is 3.27. The molecule has 1 aromatic heterocycles. The zero-order valence-corrected chi connectivity index (χ0v) is 15.3. The van der Waals surface area contributed by atoms with Crippen molar-refractivity contribution in [1.29, 1.82) is 0 Å². The molecular weight excluding hydrogens is 322 g/mol. The van der Waals surface area contributed by atoms with E-state index in [0.29, 0.717) is 0 Å². The molecule has 3 aromatic rings. The van der Waals surface area contributed by atoms with Gasteiger partial charge in [-0.15, -0.1) is 0 Å². The number of rotatable bonds is 4. The topological polar surface area (TPSA) is 38.2 Å². The third-order valence-corrected chi connectivity index (χ3v) is 4.84. The van der Waals surface area contributed by atoms with Crippen LogP contribution in [0.25, 0.3) is 22.5 Å². The molecule has 0 saturated carbocycles. The van der Waals surface area contributed by atoms with Crippen LogP contribution in [0.1, 0.15) is 18.4 Å². The molecule has 0 aliphatic carbocycles. The van der Waals surface area contributed by atoms with Gasteiger partial charge in [-0.2, -0.15) is 0 Å². The Kier molecular flexibility index (Phi) is 4.57. The Bertz CT molecular complexity index is 882. The Morgan fingerprint density at radius 1 is 0.808 bits per heavy atom. The number of aryl methyl sites for hydroxylation is 1. The van der Waals surface area contributed by atoms with Gasteiger partial charge >= 0.3 is 0 Å². The number of anilines is 1. The van der Waals surface area contributed by atoms with Crippen molar-refractivity contribution < 1.29 is 4.74 Å². The molecule has 1 aliphatic rings. The highest BCUT2D eigenvalue weighted by Crippen LogP contribution is 2.28. The highest BCUT2D eigenvalue weighted by atomic mass is 16.5. The van der Waals surface area contributed by atoms with E-state index in [4.69, 9.17) is 14.7 Å². The molecule has 2 heterocycles. The summed E-state index contributed by atoms with van der Waals surface area (Å²) in [5, 5.41) is 0. The Morgan fingerprint density at radius 3 is 1.88 bits per heavy atom. The van der Waals surface area contributed by atoms with E-state index >= 15 is 0 Å². The lowest BCUT2D eigenvalue weighted by Gasteiger charge is -2.17. The van der Waals surface area contributed by atoms with Crippen molar-refractivity contribution in [2.24, 2.45) is 0 Å². The van der Waals surface area contributed by atoms with Crippen molar-refractivity contribution >= 4 is 5.95 Å². The first-order valence-corrected chi connectivity index (χ1v) is 9.08. The van der Waals surface area contributed by atoms with E-state index in [1.165, 1.54) is 18.4 Å². The lowest BCUT2D eigenvalue weighted by atomic mass is 10.1. The third kappa shape index (κ3) is 3.40. The van der Waals surface area contributed by atoms with Crippen LogP contribution in [-0.4, -0.2) is 30.2 Å². The van der Waals surface area contributed by atoms with Crippen LogP contribution in [0.3, 0.4) is 0 Å². The van der Waals surface area contributed by atoms with Gasteiger partial charge in [0.05, 0.1) is 18.5 Å². The molecule has 0 spiro atoms. The van der Waals surface area contributed by atoms with E-state index in [1.807, 2.05) is 24.3 Å². The zero-order chi connectivity index (χ0) is 17.9. The fraction of sp³-hybridized carbons (Fsp3) is 0.273. The molecule has 26 heavy (non-hydrogen) atoms. The highest BCUT2D eigenvalue weighted by Gasteiger charge is 2.17. The quantitative estimate of drug-likeness (QED) is 0.685. The van der Waals surface area contributed by atoms with E-state index < -0.39 is 0 Å². The summed E-state index contributed by atoms with van der Waals surface area (Å²) in [5.41, 5.74) is 5.35. The summed E-state index contributed by atoms with van der Waals surface area (Å²) in [6.45, 7) is 4.15. The summed E-state index contributed by atoms with van der Waals surface area (Å²) in [7, 11) is 1.68. The second kappa shape index (κ2) is 7.16. The smallest absolute Gasteiger partial charge is 0.226 e. The second-order valence-electron chi connectivity index (χ2n) is 6.73. The van der Waals surface area contributed by atoms with Crippen LogP contribution >= 0.6 is 0 Å². The number of aromatic nitrogens is 2. The van der Waals surface area contributed by atoms with Crippen LogP contribution in [0, 0.1) is 6.92 Å². The minimum atomic E-state index is 0.825. The van der Waals surface area contributed by atoms with Gasteiger partial charge in [0.15, 0.2) is 0 Å². The predicted octanol–water partition coefficient (Wildman–Crippen LogP) is 4.73. The molecule has 1 fully saturated rings. The lowest BCUT2D eigenvalue weighted by molar-refractivity contribution is 0.415. The standard InChI is InChI=1S/C22H23N3O/c1-16-5-7-17(8-6-16)20-15-21(18-9-11-19(26-2)12-10-18)24-22(23-20)25-13-3-4-14-25/h5-12,15H,3-4,13-14H2,1-2H3. The minimum absolute atomic E-state index is 0.825.